The van der Waals surface area contributed by atoms with E-state index in [1.807, 2.05) is 41.8 Å². The number of hydrogen-bond acceptors (Lipinski definition) is 14. The van der Waals surface area contributed by atoms with Crippen LogP contribution in [0.5, 0.6) is 0 Å². The van der Waals surface area contributed by atoms with Gasteiger partial charge in [0.05, 0.1) is 13.2 Å². The number of likely N-dealkylation sites (tertiary alicyclic amines) is 1. The van der Waals surface area contributed by atoms with Gasteiger partial charge in [0.1, 0.15) is 5.78 Å². The summed E-state index contributed by atoms with van der Waals surface area (Å²) < 4.78 is 10.8. The van der Waals surface area contributed by atoms with Crippen LogP contribution in [0, 0.1) is 132 Å². The van der Waals surface area contributed by atoms with Crippen LogP contribution in [0.3, 0.4) is 0 Å². The Hall–Kier alpha value is -8.28. The van der Waals surface area contributed by atoms with Crippen molar-refractivity contribution in [2.24, 2.45) is 132 Å². The number of amides is 3. The fourth-order valence-corrected chi connectivity index (χ4v) is 38.3. The number of carbonyl (C=O) groups is 8. The molecule has 22 rings (SSSR count). The standard InChI is InChI=1S/C33H45NO4.C33H45NO3.C33H46O4.C31H43NO3/c1-21-22-7-8-25-31(4,23(22)19-24(35)27(21)36)12-14-33(6)26-20-30(3,28(37)34-15-17-38-18-16-34)10-9-29(26,2)11-13-32(25,33)5;1-21-22-9-10-25-31(4,23(22)19-24(35)27(21)36)14-16-33(6)26-20-30(3,28(37)34-17-7-8-18-34)12-11-29(26,2)13-15-32(25,33)5;1-21-22-10-11-25-31(4,23(22)19-24(34)28(21)36)15-17-33(6)26-20-30(3,27(35)9-8-18-37-7)13-12-29(26,2)14-16-32(25,33)5;1-19-20-9-10-23-29(4,21(20)17-22(33)25(19)34)14-16-31(6)24-18-28(3,26(35)32(7)8)12-11-27(24,2)13-15-30(23,31)5/h7-8,19,26,36H,9-18,20H2,1-6H3;9-10,19,26,36H,7-8,11-18,20H2,1-6H3;10-11,19,26,36H,8-9,12-18,20H2,1-7H3;9-10,17,24,34H,11-16,18H2,1-8H3/t3*26-,29-,30-,31+,32-,33+;24-,27-,28-,29+,30-,31+/m1111/s1. The van der Waals surface area contributed by atoms with Crippen LogP contribution in [0.15, 0.2) is 185 Å². The lowest BCUT2D eigenvalue weighted by Gasteiger charge is -2.70. The predicted octanol–water partition coefficient (Wildman–Crippen LogP) is 28.0. The van der Waals surface area contributed by atoms with E-state index in [0.29, 0.717) is 103 Å². The van der Waals surface area contributed by atoms with E-state index in [9.17, 15) is 58.8 Å². The first-order valence-corrected chi connectivity index (χ1v) is 57.3. The van der Waals surface area contributed by atoms with Crippen LogP contribution in [0.25, 0.3) is 0 Å². The van der Waals surface area contributed by atoms with Crippen molar-refractivity contribution in [1.82, 2.24) is 14.7 Å². The molecule has 12 saturated carbocycles. The number of fused-ring (bicyclic) bond motifs is 28. The number of aliphatic hydroxyl groups excluding tert-OH is 4. The van der Waals surface area contributed by atoms with Crippen molar-refractivity contribution in [1.29, 1.82) is 0 Å². The number of hydrogen-bond donors (Lipinski definition) is 4. The third-order valence-corrected chi connectivity index (χ3v) is 49.6. The fraction of sp³-hybridized carbons (Fsp3) is 0.692. The number of ether oxygens (including phenoxy) is 2. The van der Waals surface area contributed by atoms with Gasteiger partial charge >= 0.3 is 0 Å². The number of Topliss-reactive ketones (excluding diaryl/α,β-unsaturated/α-hetero) is 1. The molecule has 0 aromatic rings. The quantitative estimate of drug-likeness (QED) is 0.165. The SMILES string of the molecule is CC1=C(O)C(=O)C=C2C1=CC=C1[C@@]2(C)CC[C@@]2(C)[C@@H]3C[C@](C)(C(=O)N(C)C)CC[C@]3(C)CC[C@]12C.CC1=C(O)C(=O)C=C2C1=CC=C1[C@@]2(C)CC[C@@]2(C)[C@@H]3C[C@](C)(C(=O)N4CCCC4)CC[C@]3(C)CC[C@]12C.CC1=C(O)C(=O)C=C2C1=CC=C1[C@@]2(C)CC[C@@]2(C)[C@@H]3C[C@](C)(C(=O)N4CCOCC4)CC[C@]3(C)CC[C@]12C.COCCCC(=O)[C@]1(C)CC[C@]2(C)CC[C@]3(C)C4=CC=C5C(=CC(=O)C(O)=C5C)[C@]4(C)CC[C@@]3(C)[C@@H]2C1. The molecule has 0 spiro atoms. The molecule has 0 unspecified atom stereocenters. The van der Waals surface area contributed by atoms with Crippen molar-refractivity contribution in [3.63, 3.8) is 0 Å². The van der Waals surface area contributed by atoms with Crippen molar-refractivity contribution in [3.8, 4) is 0 Å². The zero-order chi connectivity index (χ0) is 107. The molecule has 0 bridgehead atoms. The maximum absolute atomic E-state index is 13.9. The Balaban J connectivity index is 0.000000124. The Morgan fingerprint density at radius 1 is 0.340 bits per heavy atom. The van der Waals surface area contributed by atoms with Gasteiger partial charge in [0, 0.05) is 126 Å². The molecule has 17 heteroatoms. The van der Waals surface area contributed by atoms with E-state index in [1.165, 1.54) is 48.0 Å². The molecule has 20 aliphatic carbocycles. The van der Waals surface area contributed by atoms with Crippen molar-refractivity contribution < 1.29 is 68.3 Å². The molecule has 0 radical (unpaired) electrons. The van der Waals surface area contributed by atoms with Gasteiger partial charge in [-0.15, -0.1) is 0 Å². The van der Waals surface area contributed by atoms with Gasteiger partial charge in [-0.1, -0.05) is 209 Å². The summed E-state index contributed by atoms with van der Waals surface area (Å²) in [5.41, 5.74) is 16.4. The summed E-state index contributed by atoms with van der Waals surface area (Å²) in [7, 11) is 5.49. The number of ketones is 5. The first-order valence-electron chi connectivity index (χ1n) is 57.3. The second-order valence-corrected chi connectivity index (χ2v) is 57.1. The Kier molecular flexibility index (Phi) is 25.8. The molecule has 2 heterocycles. The minimum absolute atomic E-state index is 0.00213. The molecular weight excluding hydrogens is 1830 g/mol. The van der Waals surface area contributed by atoms with Gasteiger partial charge in [-0.3, -0.25) is 38.4 Å². The number of nitrogens with zero attached hydrogens (tertiary/aromatic N) is 3. The molecule has 2 aliphatic heterocycles. The molecule has 0 aromatic carbocycles. The fourth-order valence-electron chi connectivity index (χ4n) is 38.3. The highest BCUT2D eigenvalue weighted by molar-refractivity contribution is 6.09. The van der Waals surface area contributed by atoms with Crippen LogP contribution in [-0.2, 0) is 47.8 Å². The van der Waals surface area contributed by atoms with E-state index in [1.54, 1.807) is 36.3 Å². The molecule has 14 fully saturated rings. The van der Waals surface area contributed by atoms with E-state index in [0.717, 1.165) is 231 Å². The molecule has 0 aromatic heterocycles. The van der Waals surface area contributed by atoms with Gasteiger partial charge in [-0.25, -0.2) is 0 Å². The summed E-state index contributed by atoms with van der Waals surface area (Å²) in [6.07, 6.45) is 58.4. The van der Waals surface area contributed by atoms with Crippen LogP contribution in [-0.4, -0.2) is 149 Å². The number of rotatable bonds is 8. The topological polar surface area (TPSA) is 246 Å². The molecule has 24 atom stereocenters. The molecule has 3 amide bonds. The van der Waals surface area contributed by atoms with E-state index in [4.69, 9.17) is 9.47 Å². The minimum Gasteiger partial charge on any atom is -0.504 e. The Bertz CT molecular complexity index is 6250. The Morgan fingerprint density at radius 3 is 0.871 bits per heavy atom. The molecule has 147 heavy (non-hydrogen) atoms. The second-order valence-electron chi connectivity index (χ2n) is 57.1. The lowest BCUT2D eigenvalue weighted by atomic mass is 9.34. The molecule has 2 saturated heterocycles. The van der Waals surface area contributed by atoms with Gasteiger partial charge in [0.15, 0.2) is 23.0 Å². The Labute approximate surface area is 880 Å². The normalized spacial score (nSPS) is 44.4. The minimum atomic E-state index is -0.324. The number of methoxy groups -OCH3 is 1. The van der Waals surface area contributed by atoms with Gasteiger partial charge in [0.2, 0.25) is 40.9 Å². The summed E-state index contributed by atoms with van der Waals surface area (Å²) in [6, 6.07) is 0. The number of allylic oxidation sites excluding steroid dienone is 28. The van der Waals surface area contributed by atoms with Crippen molar-refractivity contribution in [3.05, 3.63) is 185 Å². The lowest BCUT2D eigenvalue weighted by Crippen LogP contribution is -2.63. The van der Waals surface area contributed by atoms with Crippen molar-refractivity contribution in [2.75, 3.05) is 67.2 Å². The van der Waals surface area contributed by atoms with Gasteiger partial charge in [-0.2, -0.15) is 0 Å². The molecular formula is C130H179N3O14. The summed E-state index contributed by atoms with van der Waals surface area (Å²) in [5.74, 6) is 1.80. The molecule has 17 nitrogen and oxygen atoms in total. The highest BCUT2D eigenvalue weighted by Gasteiger charge is 2.74. The van der Waals surface area contributed by atoms with Crippen molar-refractivity contribution in [2.45, 2.75) is 372 Å². The molecule has 798 valence electrons. The van der Waals surface area contributed by atoms with E-state index < -0.39 is 0 Å². The van der Waals surface area contributed by atoms with Crippen LogP contribution in [0.4, 0.5) is 0 Å². The van der Waals surface area contributed by atoms with Crippen LogP contribution in [0.2, 0.25) is 0 Å². The highest BCUT2D eigenvalue weighted by atomic mass is 16.5. The lowest BCUT2D eigenvalue weighted by molar-refractivity contribution is -0.176. The summed E-state index contributed by atoms with van der Waals surface area (Å²) >= 11 is 0. The maximum Gasteiger partial charge on any atom is 0.228 e. The number of carbonyl (C=O) groups excluding carboxylic acids is 8. The Morgan fingerprint density at radius 2 is 0.592 bits per heavy atom. The van der Waals surface area contributed by atoms with Crippen molar-refractivity contribution >= 4 is 46.6 Å². The first kappa shape index (κ1) is 107. The summed E-state index contributed by atoms with van der Waals surface area (Å²) in [6.45, 7) is 61.0. The highest BCUT2D eigenvalue weighted by Crippen LogP contribution is 2.82. The van der Waals surface area contributed by atoms with E-state index in [2.05, 4.69) is 197 Å². The summed E-state index contributed by atoms with van der Waals surface area (Å²) in [4.78, 5) is 111. The maximum atomic E-state index is 13.9. The zero-order valence-corrected chi connectivity index (χ0v) is 95.0. The van der Waals surface area contributed by atoms with Crippen LogP contribution in [0.1, 0.15) is 372 Å². The monoisotopic (exact) mass is 2010 g/mol. The number of morpholine rings is 1. The van der Waals surface area contributed by atoms with Gasteiger partial charge < -0.3 is 44.6 Å². The van der Waals surface area contributed by atoms with E-state index in [-0.39, 0.29) is 160 Å². The van der Waals surface area contributed by atoms with Gasteiger partial charge in [0.25, 0.3) is 0 Å². The van der Waals surface area contributed by atoms with Gasteiger partial charge in [-0.05, 0) is 384 Å². The molecule has 22 aliphatic rings. The first-order chi connectivity index (χ1) is 68.5. The average molecular weight is 2010 g/mol. The number of aliphatic hydroxyl groups is 4. The molecule has 4 N–H and O–H groups in total. The second kappa shape index (κ2) is 35.4. The van der Waals surface area contributed by atoms with E-state index >= 15 is 0 Å². The van der Waals surface area contributed by atoms with Crippen LogP contribution >= 0.6 is 0 Å². The predicted molar refractivity (Wildman–Crippen MR) is 582 cm³/mol. The smallest absolute Gasteiger partial charge is 0.228 e. The average Bonchev–Trinajstić information content (AvgIpc) is 0.751. The summed E-state index contributed by atoms with van der Waals surface area (Å²) in [5, 5.41) is 41.4. The third-order valence-electron chi connectivity index (χ3n) is 49.6. The zero-order valence-electron chi connectivity index (χ0n) is 95.0. The van der Waals surface area contributed by atoms with Crippen LogP contribution < -0.4 is 0 Å². The largest absolute Gasteiger partial charge is 0.504 e. The third kappa shape index (κ3) is 15.3.